The average molecular weight is 556 g/mol. The van der Waals surface area contributed by atoms with E-state index < -0.39 is 5.54 Å². The Hall–Kier alpha value is -4.33. The zero-order valence-electron chi connectivity index (χ0n) is 23.6. The zero-order valence-corrected chi connectivity index (χ0v) is 23.6. The lowest BCUT2D eigenvalue weighted by Gasteiger charge is -2.51. The molecule has 0 aliphatic carbocycles. The maximum Gasteiger partial charge on any atom is 0.255 e. The molecule has 2 aliphatic rings. The van der Waals surface area contributed by atoms with Gasteiger partial charge in [0.1, 0.15) is 12.4 Å². The van der Waals surface area contributed by atoms with Gasteiger partial charge in [0.05, 0.1) is 18.9 Å². The second-order valence-corrected chi connectivity index (χ2v) is 10.9. The summed E-state index contributed by atoms with van der Waals surface area (Å²) in [6.45, 7) is 7.46. The number of fused-ring (bicyclic) bond motifs is 5. The Balaban J connectivity index is 1.46. The Bertz CT molecular complexity index is 1610. The molecule has 2 aliphatic heterocycles. The number of rotatable bonds is 8. The molecule has 2 unspecified atom stereocenters. The predicted octanol–water partition coefficient (Wildman–Crippen LogP) is 5.73. The smallest absolute Gasteiger partial charge is 0.255 e. The molecule has 3 heterocycles. The Labute approximate surface area is 238 Å². The SMILES string of the molecule is CCCOc1ccc(C2CN3C(=O)CN(Cc4ccc(F)cc4)C(=O)C3(C)c3[nH]c4ccccc4c32)cc1OCC. The van der Waals surface area contributed by atoms with Crippen LogP contribution in [-0.2, 0) is 21.7 Å². The minimum absolute atomic E-state index is 0.0396. The summed E-state index contributed by atoms with van der Waals surface area (Å²) in [5.41, 5.74) is 3.18. The molecule has 0 spiro atoms. The van der Waals surface area contributed by atoms with Crippen LogP contribution in [0.1, 0.15) is 55.5 Å². The van der Waals surface area contributed by atoms with Crippen molar-refractivity contribution in [2.24, 2.45) is 0 Å². The first kappa shape index (κ1) is 26.9. The number of carbonyl (C=O) groups excluding carboxylic acids is 2. The van der Waals surface area contributed by atoms with E-state index in [0.717, 1.165) is 39.7 Å². The number of piperazine rings is 1. The zero-order chi connectivity index (χ0) is 28.7. The fourth-order valence-corrected chi connectivity index (χ4v) is 6.25. The minimum Gasteiger partial charge on any atom is -0.490 e. The van der Waals surface area contributed by atoms with Crippen LogP contribution < -0.4 is 9.47 Å². The van der Waals surface area contributed by atoms with Crippen LogP contribution in [0.5, 0.6) is 11.5 Å². The summed E-state index contributed by atoms with van der Waals surface area (Å²) in [4.78, 5) is 34.9. The van der Waals surface area contributed by atoms with Crippen molar-refractivity contribution in [3.05, 3.63) is 94.9 Å². The number of aromatic nitrogens is 1. The predicted molar refractivity (Wildman–Crippen MR) is 154 cm³/mol. The maximum absolute atomic E-state index is 14.3. The topological polar surface area (TPSA) is 74.9 Å². The highest BCUT2D eigenvalue weighted by Crippen LogP contribution is 2.49. The number of hydrogen-bond acceptors (Lipinski definition) is 4. The number of halogens is 1. The number of hydrogen-bond donors (Lipinski definition) is 1. The van der Waals surface area contributed by atoms with Crippen LogP contribution in [0.15, 0.2) is 66.7 Å². The van der Waals surface area contributed by atoms with E-state index in [4.69, 9.17) is 9.47 Å². The summed E-state index contributed by atoms with van der Waals surface area (Å²) < 4.78 is 25.4. The molecule has 8 heteroatoms. The number of carbonyl (C=O) groups is 2. The lowest BCUT2D eigenvalue weighted by molar-refractivity contribution is -0.166. The molecule has 3 aromatic carbocycles. The van der Waals surface area contributed by atoms with E-state index >= 15 is 0 Å². The number of ether oxygens (including phenoxy) is 2. The normalized spacial score (nSPS) is 20.2. The molecular formula is C33H34FN3O4. The molecule has 0 bridgehead atoms. The summed E-state index contributed by atoms with van der Waals surface area (Å²) in [5.74, 6) is 0.542. The van der Waals surface area contributed by atoms with Crippen LogP contribution in [-0.4, -0.2) is 52.9 Å². The minimum atomic E-state index is -1.22. The molecule has 0 radical (unpaired) electrons. The van der Waals surface area contributed by atoms with Gasteiger partial charge in [0, 0.05) is 29.9 Å². The molecule has 2 atom stereocenters. The number of nitrogens with zero attached hydrogens (tertiary/aromatic N) is 2. The first-order valence-electron chi connectivity index (χ1n) is 14.2. The molecule has 1 N–H and O–H groups in total. The highest BCUT2D eigenvalue weighted by atomic mass is 19.1. The van der Waals surface area contributed by atoms with Crippen molar-refractivity contribution in [2.45, 2.75) is 45.2 Å². The molecule has 1 saturated heterocycles. The molecule has 7 nitrogen and oxygen atoms in total. The van der Waals surface area contributed by atoms with E-state index in [9.17, 15) is 14.0 Å². The largest absolute Gasteiger partial charge is 0.490 e. The van der Waals surface area contributed by atoms with Gasteiger partial charge in [-0.3, -0.25) is 9.59 Å². The van der Waals surface area contributed by atoms with Crippen LogP contribution in [0.2, 0.25) is 0 Å². The number of amides is 2. The van der Waals surface area contributed by atoms with E-state index in [1.54, 1.807) is 21.9 Å². The second-order valence-electron chi connectivity index (χ2n) is 10.9. The van der Waals surface area contributed by atoms with Gasteiger partial charge in [-0.1, -0.05) is 43.3 Å². The van der Waals surface area contributed by atoms with Gasteiger partial charge in [-0.05, 0) is 67.3 Å². The van der Waals surface area contributed by atoms with Crippen LogP contribution in [0, 0.1) is 5.82 Å². The molecule has 1 aromatic heterocycles. The van der Waals surface area contributed by atoms with Gasteiger partial charge in [-0.15, -0.1) is 0 Å². The lowest BCUT2D eigenvalue weighted by atomic mass is 9.76. The number of H-pyrrole nitrogens is 1. The molecule has 6 rings (SSSR count). The third kappa shape index (κ3) is 4.51. The van der Waals surface area contributed by atoms with E-state index in [-0.39, 0.29) is 36.6 Å². The van der Waals surface area contributed by atoms with Crippen molar-refractivity contribution >= 4 is 22.7 Å². The number of nitrogens with one attached hydrogen (secondary N) is 1. The Morgan fingerprint density at radius 1 is 1.00 bits per heavy atom. The Kier molecular flexibility index (Phi) is 6.93. The average Bonchev–Trinajstić information content (AvgIpc) is 3.37. The number of benzene rings is 3. The summed E-state index contributed by atoms with van der Waals surface area (Å²) in [6, 6.07) is 20.0. The number of aromatic amines is 1. The maximum atomic E-state index is 14.3. The Morgan fingerprint density at radius 2 is 1.78 bits per heavy atom. The molecule has 41 heavy (non-hydrogen) atoms. The van der Waals surface area contributed by atoms with Crippen molar-refractivity contribution in [3.63, 3.8) is 0 Å². The summed E-state index contributed by atoms with van der Waals surface area (Å²) in [6.07, 6.45) is 0.885. The van der Waals surface area contributed by atoms with Crippen molar-refractivity contribution in [1.29, 1.82) is 0 Å². The summed E-state index contributed by atoms with van der Waals surface area (Å²) in [7, 11) is 0. The van der Waals surface area contributed by atoms with Crippen molar-refractivity contribution < 1.29 is 23.5 Å². The van der Waals surface area contributed by atoms with Gasteiger partial charge in [0.2, 0.25) is 5.91 Å². The summed E-state index contributed by atoms with van der Waals surface area (Å²) in [5, 5.41) is 1.02. The van der Waals surface area contributed by atoms with Crippen LogP contribution >= 0.6 is 0 Å². The van der Waals surface area contributed by atoms with E-state index in [1.807, 2.05) is 50.2 Å². The summed E-state index contributed by atoms with van der Waals surface area (Å²) >= 11 is 0. The van der Waals surface area contributed by atoms with E-state index in [0.29, 0.717) is 31.3 Å². The monoisotopic (exact) mass is 555 g/mol. The lowest BCUT2D eigenvalue weighted by Crippen LogP contribution is -2.67. The van der Waals surface area contributed by atoms with Gasteiger partial charge in [-0.2, -0.15) is 0 Å². The van der Waals surface area contributed by atoms with E-state index in [1.165, 1.54) is 12.1 Å². The van der Waals surface area contributed by atoms with E-state index in [2.05, 4.69) is 18.0 Å². The molecule has 2 amide bonds. The quantitative estimate of drug-likeness (QED) is 0.302. The van der Waals surface area contributed by atoms with Gasteiger partial charge in [-0.25, -0.2) is 4.39 Å². The van der Waals surface area contributed by atoms with Crippen molar-refractivity contribution in [3.8, 4) is 11.5 Å². The standard InChI is InChI=1S/C33H34FN3O4/c1-4-16-41-27-15-12-22(17-28(27)40-5-2)25-19-37-29(38)20-36(18-21-10-13-23(34)14-11-21)32(39)33(37,3)31-30(25)24-8-6-7-9-26(24)35-31/h6-15,17,25,35H,4-5,16,18-20H2,1-3H3. The number of para-hydroxylation sites is 1. The first-order valence-corrected chi connectivity index (χ1v) is 14.2. The van der Waals surface area contributed by atoms with Gasteiger partial charge >= 0.3 is 0 Å². The third-order valence-electron chi connectivity index (χ3n) is 8.24. The molecular weight excluding hydrogens is 521 g/mol. The first-order chi connectivity index (χ1) is 19.8. The Morgan fingerprint density at radius 3 is 2.54 bits per heavy atom. The van der Waals surface area contributed by atoms with Crippen LogP contribution in [0.3, 0.4) is 0 Å². The highest BCUT2D eigenvalue weighted by molar-refractivity contribution is 6.01. The fourth-order valence-electron chi connectivity index (χ4n) is 6.25. The molecule has 0 saturated carbocycles. The fraction of sp³-hybridized carbons (Fsp3) is 0.333. The molecule has 4 aromatic rings. The van der Waals surface area contributed by atoms with Gasteiger partial charge < -0.3 is 24.3 Å². The third-order valence-corrected chi connectivity index (χ3v) is 8.24. The molecule has 212 valence electrons. The van der Waals surface area contributed by atoms with Gasteiger partial charge in [0.25, 0.3) is 5.91 Å². The molecule has 1 fully saturated rings. The van der Waals surface area contributed by atoms with Gasteiger partial charge in [0.15, 0.2) is 17.0 Å². The van der Waals surface area contributed by atoms with Crippen molar-refractivity contribution in [1.82, 2.24) is 14.8 Å². The highest BCUT2D eigenvalue weighted by Gasteiger charge is 2.56. The van der Waals surface area contributed by atoms with Crippen LogP contribution in [0.4, 0.5) is 4.39 Å². The van der Waals surface area contributed by atoms with Crippen molar-refractivity contribution in [2.75, 3.05) is 26.3 Å². The second kappa shape index (κ2) is 10.6. The van der Waals surface area contributed by atoms with Crippen LogP contribution in [0.25, 0.3) is 10.9 Å².